The summed E-state index contributed by atoms with van der Waals surface area (Å²) >= 11 is 0. The summed E-state index contributed by atoms with van der Waals surface area (Å²) in [5, 5.41) is 18.9. The van der Waals surface area contributed by atoms with Crippen LogP contribution in [0.1, 0.15) is 22.3 Å². The van der Waals surface area contributed by atoms with Gasteiger partial charge in [0, 0.05) is 18.2 Å². The van der Waals surface area contributed by atoms with E-state index in [1.807, 2.05) is 0 Å². The van der Waals surface area contributed by atoms with Gasteiger partial charge in [-0.2, -0.15) is 0 Å². The number of ether oxygens (including phenoxy) is 4. The molecule has 0 fully saturated rings. The smallest absolute Gasteiger partial charge is 0.231 e. The fourth-order valence-corrected chi connectivity index (χ4v) is 2.83. The maximum absolute atomic E-state index is 12.3. The van der Waals surface area contributed by atoms with Crippen molar-refractivity contribution < 1.29 is 38.7 Å². The van der Waals surface area contributed by atoms with Crippen molar-refractivity contribution in [2.24, 2.45) is 0 Å². The topological polar surface area (TPSA) is 112 Å². The highest BCUT2D eigenvalue weighted by Gasteiger charge is 2.25. The third kappa shape index (κ3) is 4.52. The molecule has 0 bridgehead atoms. The molecule has 1 heterocycles. The highest BCUT2D eigenvalue weighted by Crippen LogP contribution is 2.41. The summed E-state index contributed by atoms with van der Waals surface area (Å²) < 4.78 is 21.0. The Kier molecular flexibility index (Phi) is 6.00. The van der Waals surface area contributed by atoms with E-state index in [1.165, 1.54) is 25.3 Å². The first-order valence-corrected chi connectivity index (χ1v) is 8.62. The number of hydrogen-bond acceptors (Lipinski definition) is 8. The Morgan fingerprint density at radius 1 is 1.07 bits per heavy atom. The molecule has 2 aromatic rings. The number of ketones is 2. The Bertz CT molecular complexity index is 870. The summed E-state index contributed by atoms with van der Waals surface area (Å²) in [5.41, 5.74) is 0.890. The summed E-state index contributed by atoms with van der Waals surface area (Å²) in [6.07, 6.45) is 1.10. The van der Waals surface area contributed by atoms with E-state index in [0.29, 0.717) is 30.1 Å². The van der Waals surface area contributed by atoms with E-state index in [2.05, 4.69) is 0 Å². The fraction of sp³-hybridized carbons (Fsp3) is 0.300. The van der Waals surface area contributed by atoms with Crippen molar-refractivity contribution in [3.63, 3.8) is 0 Å². The predicted octanol–water partition coefficient (Wildman–Crippen LogP) is 2.24. The second-order valence-corrected chi connectivity index (χ2v) is 6.18. The molecule has 1 aliphatic rings. The minimum Gasteiger partial charge on any atom is -0.508 e. The fourth-order valence-electron chi connectivity index (χ4n) is 2.83. The van der Waals surface area contributed by atoms with Crippen molar-refractivity contribution in [1.82, 2.24) is 0 Å². The van der Waals surface area contributed by atoms with Gasteiger partial charge >= 0.3 is 0 Å². The first-order valence-electron chi connectivity index (χ1n) is 8.62. The highest BCUT2D eigenvalue weighted by molar-refractivity contribution is 6.44. The molecule has 0 spiro atoms. The van der Waals surface area contributed by atoms with E-state index < -0.39 is 11.6 Å². The van der Waals surface area contributed by atoms with Crippen LogP contribution in [0.5, 0.6) is 28.7 Å². The van der Waals surface area contributed by atoms with Gasteiger partial charge in [-0.25, -0.2) is 0 Å². The molecular weight excluding hydrogens is 368 g/mol. The number of rotatable bonds is 9. The van der Waals surface area contributed by atoms with Crippen molar-refractivity contribution >= 4 is 11.6 Å². The zero-order chi connectivity index (χ0) is 20.1. The van der Waals surface area contributed by atoms with E-state index in [0.717, 1.165) is 5.56 Å². The van der Waals surface area contributed by atoms with Gasteiger partial charge in [0.15, 0.2) is 11.5 Å². The van der Waals surface area contributed by atoms with Crippen LogP contribution < -0.4 is 14.2 Å². The minimum atomic E-state index is -0.700. The standard InChI is InChI=1S/C20H20O8/c1-25-17-7-13(8-18-20(17)28-11-27-18)19(24)16(23)10-26-4-2-3-12-5-14(21)9-15(22)6-12/h5-9,21-22H,2-4,10-11H2,1H3. The quantitative estimate of drug-likeness (QED) is 0.382. The van der Waals surface area contributed by atoms with Crippen molar-refractivity contribution in [2.45, 2.75) is 12.8 Å². The van der Waals surface area contributed by atoms with E-state index in [9.17, 15) is 19.8 Å². The number of hydrogen-bond donors (Lipinski definition) is 2. The summed E-state index contributed by atoms with van der Waals surface area (Å²) in [6, 6.07) is 7.21. The number of phenolic OH excluding ortho intramolecular Hbond substituents is 2. The van der Waals surface area contributed by atoms with Crippen LogP contribution in [0.2, 0.25) is 0 Å². The molecule has 2 aromatic carbocycles. The number of aryl methyl sites for hydroxylation is 1. The Hall–Kier alpha value is -3.26. The molecule has 2 N–H and O–H groups in total. The Morgan fingerprint density at radius 3 is 2.54 bits per heavy atom. The van der Waals surface area contributed by atoms with E-state index >= 15 is 0 Å². The number of Topliss-reactive ketones (excluding diaryl/α,β-unsaturated/α-hetero) is 2. The zero-order valence-electron chi connectivity index (χ0n) is 15.3. The molecule has 0 saturated heterocycles. The lowest BCUT2D eigenvalue weighted by molar-refractivity contribution is -0.119. The lowest BCUT2D eigenvalue weighted by Crippen LogP contribution is -2.20. The predicted molar refractivity (Wildman–Crippen MR) is 97.4 cm³/mol. The number of aromatic hydroxyl groups is 2. The lowest BCUT2D eigenvalue weighted by Gasteiger charge is -2.08. The molecule has 8 heteroatoms. The van der Waals surface area contributed by atoms with Crippen molar-refractivity contribution in [1.29, 1.82) is 0 Å². The molecule has 0 saturated carbocycles. The average Bonchev–Trinajstić information content (AvgIpc) is 3.14. The molecule has 0 amide bonds. The molecule has 0 atom stereocenters. The number of fused-ring (bicyclic) bond motifs is 1. The third-order valence-electron chi connectivity index (χ3n) is 4.12. The van der Waals surface area contributed by atoms with Crippen LogP contribution in [0.15, 0.2) is 30.3 Å². The van der Waals surface area contributed by atoms with Gasteiger partial charge in [0.05, 0.1) is 7.11 Å². The first kappa shape index (κ1) is 19.5. The third-order valence-corrected chi connectivity index (χ3v) is 4.12. The van der Waals surface area contributed by atoms with Crippen LogP contribution >= 0.6 is 0 Å². The molecule has 0 radical (unpaired) electrons. The average molecular weight is 388 g/mol. The van der Waals surface area contributed by atoms with Gasteiger partial charge in [-0.05, 0) is 42.7 Å². The molecule has 8 nitrogen and oxygen atoms in total. The molecular formula is C20H20O8. The molecule has 0 aromatic heterocycles. The Morgan fingerprint density at radius 2 is 1.82 bits per heavy atom. The highest BCUT2D eigenvalue weighted by atomic mass is 16.7. The lowest BCUT2D eigenvalue weighted by atomic mass is 10.1. The number of phenols is 2. The van der Waals surface area contributed by atoms with Crippen LogP contribution in [0.4, 0.5) is 0 Å². The second-order valence-electron chi connectivity index (χ2n) is 6.18. The number of carbonyl (C=O) groups is 2. The molecule has 148 valence electrons. The maximum atomic E-state index is 12.3. The number of methoxy groups -OCH3 is 1. The SMILES string of the molecule is COc1cc(C(=O)C(=O)COCCCc2cc(O)cc(O)c2)cc2c1OCO2. The summed E-state index contributed by atoms with van der Waals surface area (Å²) in [6.45, 7) is -0.0713. The van der Waals surface area contributed by atoms with Gasteiger partial charge in [-0.3, -0.25) is 9.59 Å². The number of carbonyl (C=O) groups excluding carboxylic acids is 2. The molecule has 0 aliphatic carbocycles. The maximum Gasteiger partial charge on any atom is 0.231 e. The molecule has 0 unspecified atom stereocenters. The van der Waals surface area contributed by atoms with Crippen LogP contribution in [-0.2, 0) is 16.0 Å². The van der Waals surface area contributed by atoms with Crippen molar-refractivity contribution in [3.8, 4) is 28.7 Å². The van der Waals surface area contributed by atoms with Crippen LogP contribution in [0.25, 0.3) is 0 Å². The second kappa shape index (κ2) is 8.62. The van der Waals surface area contributed by atoms with Gasteiger partial charge in [-0.15, -0.1) is 0 Å². The Balaban J connectivity index is 1.49. The normalized spacial score (nSPS) is 12.0. The zero-order valence-corrected chi connectivity index (χ0v) is 15.3. The monoisotopic (exact) mass is 388 g/mol. The summed E-state index contributed by atoms with van der Waals surface area (Å²) in [7, 11) is 1.43. The van der Waals surface area contributed by atoms with E-state index in [1.54, 1.807) is 12.1 Å². The minimum absolute atomic E-state index is 0.0177. The van der Waals surface area contributed by atoms with Gasteiger partial charge in [0.1, 0.15) is 18.1 Å². The molecule has 28 heavy (non-hydrogen) atoms. The van der Waals surface area contributed by atoms with Crippen LogP contribution in [-0.4, -0.2) is 48.9 Å². The van der Waals surface area contributed by atoms with Gasteiger partial charge in [-0.1, -0.05) is 0 Å². The molecule has 3 rings (SSSR count). The Labute approximate surface area is 161 Å². The van der Waals surface area contributed by atoms with Crippen molar-refractivity contribution in [2.75, 3.05) is 27.1 Å². The van der Waals surface area contributed by atoms with Gasteiger partial charge in [0.2, 0.25) is 24.1 Å². The van der Waals surface area contributed by atoms with E-state index in [4.69, 9.17) is 18.9 Å². The van der Waals surface area contributed by atoms with Crippen LogP contribution in [0.3, 0.4) is 0 Å². The first-order chi connectivity index (χ1) is 13.5. The molecule has 1 aliphatic heterocycles. The van der Waals surface area contributed by atoms with Crippen molar-refractivity contribution in [3.05, 3.63) is 41.5 Å². The largest absolute Gasteiger partial charge is 0.508 e. The number of benzene rings is 2. The van der Waals surface area contributed by atoms with E-state index in [-0.39, 0.29) is 37.1 Å². The van der Waals surface area contributed by atoms with Gasteiger partial charge < -0.3 is 29.2 Å². The summed E-state index contributed by atoms with van der Waals surface area (Å²) in [5.74, 6) is -0.343. The van der Waals surface area contributed by atoms with Crippen LogP contribution in [0, 0.1) is 0 Å². The summed E-state index contributed by atoms with van der Waals surface area (Å²) in [4.78, 5) is 24.4. The van der Waals surface area contributed by atoms with Gasteiger partial charge in [0.25, 0.3) is 0 Å².